The van der Waals surface area contributed by atoms with Gasteiger partial charge in [0.25, 0.3) is 0 Å². The normalized spacial score (nSPS) is 17.1. The lowest BCUT2D eigenvalue weighted by Crippen LogP contribution is -2.38. The second kappa shape index (κ2) is 6.51. The molecule has 1 aliphatic heterocycles. The first-order valence-corrected chi connectivity index (χ1v) is 7.54. The Bertz CT molecular complexity index is 681. The van der Waals surface area contributed by atoms with Gasteiger partial charge in [0.15, 0.2) is 0 Å². The van der Waals surface area contributed by atoms with Gasteiger partial charge in [0, 0.05) is 37.9 Å². The maximum absolute atomic E-state index is 12.2. The number of likely N-dealkylation sites (tertiary alicyclic amines) is 1. The van der Waals surface area contributed by atoms with Gasteiger partial charge in [-0.25, -0.2) is 4.79 Å². The lowest BCUT2D eigenvalue weighted by atomic mass is 10.1. The molecule has 7 heteroatoms. The Morgan fingerprint density at radius 2 is 2.04 bits per heavy atom. The standard InChI is InChI=1S/C16H19N5O2/c1-11(22)18-14-7-9-21(10-14)16(23)19-13-4-2-12(3-5-13)15-6-8-17-20-15/h2-6,8,14H,7,9-10H2,1H3,(H,17,20)(H,18,22)(H,19,23)/t14-/m1/s1. The van der Waals surface area contributed by atoms with Gasteiger partial charge in [0.2, 0.25) is 5.91 Å². The van der Waals surface area contributed by atoms with Gasteiger partial charge < -0.3 is 15.5 Å². The van der Waals surface area contributed by atoms with Gasteiger partial charge in [-0.3, -0.25) is 9.89 Å². The molecular formula is C16H19N5O2. The summed E-state index contributed by atoms with van der Waals surface area (Å²) >= 11 is 0. The lowest BCUT2D eigenvalue weighted by molar-refractivity contribution is -0.119. The first-order chi connectivity index (χ1) is 11.1. The molecule has 3 rings (SSSR count). The van der Waals surface area contributed by atoms with Crippen LogP contribution in [0.5, 0.6) is 0 Å². The van der Waals surface area contributed by atoms with Crippen LogP contribution in [0, 0.1) is 0 Å². The van der Waals surface area contributed by atoms with Crippen molar-refractivity contribution < 1.29 is 9.59 Å². The van der Waals surface area contributed by atoms with Crippen LogP contribution in [0.2, 0.25) is 0 Å². The second-order valence-electron chi connectivity index (χ2n) is 5.61. The molecule has 7 nitrogen and oxygen atoms in total. The van der Waals surface area contributed by atoms with E-state index in [0.29, 0.717) is 13.1 Å². The number of nitrogens with one attached hydrogen (secondary N) is 3. The van der Waals surface area contributed by atoms with Crippen molar-refractivity contribution in [3.63, 3.8) is 0 Å². The Balaban J connectivity index is 1.57. The van der Waals surface area contributed by atoms with Crippen molar-refractivity contribution in [2.75, 3.05) is 18.4 Å². The van der Waals surface area contributed by atoms with E-state index in [1.807, 2.05) is 30.3 Å². The highest BCUT2D eigenvalue weighted by Gasteiger charge is 2.26. The van der Waals surface area contributed by atoms with E-state index >= 15 is 0 Å². The number of carbonyl (C=O) groups excluding carboxylic acids is 2. The summed E-state index contributed by atoms with van der Waals surface area (Å²) in [4.78, 5) is 25.0. The topological polar surface area (TPSA) is 90.1 Å². The molecule has 1 fully saturated rings. The maximum Gasteiger partial charge on any atom is 0.321 e. The van der Waals surface area contributed by atoms with Gasteiger partial charge in [0.1, 0.15) is 0 Å². The number of aromatic nitrogens is 2. The van der Waals surface area contributed by atoms with Crippen molar-refractivity contribution >= 4 is 17.6 Å². The molecule has 120 valence electrons. The number of hydrogen-bond acceptors (Lipinski definition) is 3. The quantitative estimate of drug-likeness (QED) is 0.807. The number of urea groups is 1. The summed E-state index contributed by atoms with van der Waals surface area (Å²) in [6, 6.07) is 9.35. The molecule has 0 saturated carbocycles. The number of nitrogens with zero attached hydrogens (tertiary/aromatic N) is 2. The molecule has 0 unspecified atom stereocenters. The third kappa shape index (κ3) is 3.68. The van der Waals surface area contributed by atoms with Gasteiger partial charge in [-0.1, -0.05) is 12.1 Å². The van der Waals surface area contributed by atoms with Crippen molar-refractivity contribution in [3.05, 3.63) is 36.5 Å². The number of anilines is 1. The summed E-state index contributed by atoms with van der Waals surface area (Å²) in [5.41, 5.74) is 2.68. The van der Waals surface area contributed by atoms with E-state index in [-0.39, 0.29) is 18.0 Å². The minimum absolute atomic E-state index is 0.0426. The summed E-state index contributed by atoms with van der Waals surface area (Å²) in [6.07, 6.45) is 2.48. The fraction of sp³-hybridized carbons (Fsp3) is 0.312. The molecule has 1 aliphatic rings. The average molecular weight is 313 g/mol. The highest BCUT2D eigenvalue weighted by atomic mass is 16.2. The van der Waals surface area contributed by atoms with E-state index in [9.17, 15) is 9.59 Å². The molecule has 1 aromatic heterocycles. The molecule has 23 heavy (non-hydrogen) atoms. The number of amides is 3. The van der Waals surface area contributed by atoms with Crippen molar-refractivity contribution in [3.8, 4) is 11.3 Å². The van der Waals surface area contributed by atoms with Crippen LogP contribution in [0.1, 0.15) is 13.3 Å². The van der Waals surface area contributed by atoms with Crippen molar-refractivity contribution in [1.29, 1.82) is 0 Å². The third-order valence-electron chi connectivity index (χ3n) is 3.83. The Labute approximate surface area is 134 Å². The van der Waals surface area contributed by atoms with Gasteiger partial charge in [0.05, 0.1) is 5.69 Å². The van der Waals surface area contributed by atoms with Crippen LogP contribution < -0.4 is 10.6 Å². The first-order valence-electron chi connectivity index (χ1n) is 7.54. The van der Waals surface area contributed by atoms with Gasteiger partial charge in [-0.05, 0) is 30.2 Å². The summed E-state index contributed by atoms with van der Waals surface area (Å²) in [6.45, 7) is 2.67. The summed E-state index contributed by atoms with van der Waals surface area (Å²) in [5.74, 6) is -0.0633. The molecule has 0 spiro atoms. The van der Waals surface area contributed by atoms with Crippen LogP contribution >= 0.6 is 0 Å². The molecule has 3 N–H and O–H groups in total. The fourth-order valence-corrected chi connectivity index (χ4v) is 2.70. The van der Waals surface area contributed by atoms with Crippen molar-refractivity contribution in [2.45, 2.75) is 19.4 Å². The van der Waals surface area contributed by atoms with E-state index in [4.69, 9.17) is 0 Å². The number of aromatic amines is 1. The fourth-order valence-electron chi connectivity index (χ4n) is 2.70. The highest BCUT2D eigenvalue weighted by molar-refractivity contribution is 5.90. The Morgan fingerprint density at radius 3 is 2.70 bits per heavy atom. The van der Waals surface area contributed by atoms with Gasteiger partial charge >= 0.3 is 6.03 Å². The van der Waals surface area contributed by atoms with Gasteiger partial charge in [-0.2, -0.15) is 5.10 Å². The molecule has 3 amide bonds. The second-order valence-corrected chi connectivity index (χ2v) is 5.61. The smallest absolute Gasteiger partial charge is 0.321 e. The van der Waals surface area contributed by atoms with Crippen LogP contribution in [0.3, 0.4) is 0 Å². The number of H-pyrrole nitrogens is 1. The molecular weight excluding hydrogens is 294 g/mol. The van der Waals surface area contributed by atoms with Crippen molar-refractivity contribution in [2.24, 2.45) is 0 Å². The molecule has 1 aromatic carbocycles. The number of rotatable bonds is 3. The van der Waals surface area contributed by atoms with Crippen molar-refractivity contribution in [1.82, 2.24) is 20.4 Å². The molecule has 2 aromatic rings. The third-order valence-corrected chi connectivity index (χ3v) is 3.83. The van der Waals surface area contributed by atoms with E-state index in [1.54, 1.807) is 11.1 Å². The van der Waals surface area contributed by atoms with E-state index in [0.717, 1.165) is 23.4 Å². The Morgan fingerprint density at radius 1 is 1.26 bits per heavy atom. The van der Waals surface area contributed by atoms with E-state index in [2.05, 4.69) is 20.8 Å². The maximum atomic E-state index is 12.2. The predicted molar refractivity (Wildman–Crippen MR) is 86.8 cm³/mol. The minimum Gasteiger partial charge on any atom is -0.352 e. The van der Waals surface area contributed by atoms with Crippen LogP contribution in [0.4, 0.5) is 10.5 Å². The lowest BCUT2D eigenvalue weighted by Gasteiger charge is -2.17. The molecule has 2 heterocycles. The highest BCUT2D eigenvalue weighted by Crippen LogP contribution is 2.19. The average Bonchev–Trinajstić information content (AvgIpc) is 3.19. The number of benzene rings is 1. The Kier molecular flexibility index (Phi) is 4.27. The molecule has 1 atom stereocenters. The number of carbonyl (C=O) groups is 2. The predicted octanol–water partition coefficient (Wildman–Crippen LogP) is 1.82. The monoisotopic (exact) mass is 313 g/mol. The zero-order chi connectivity index (χ0) is 16.2. The zero-order valence-electron chi connectivity index (χ0n) is 12.9. The van der Waals surface area contributed by atoms with Crippen LogP contribution in [0.25, 0.3) is 11.3 Å². The van der Waals surface area contributed by atoms with Crippen LogP contribution in [-0.4, -0.2) is 46.2 Å². The molecule has 0 radical (unpaired) electrons. The van der Waals surface area contributed by atoms with E-state index in [1.165, 1.54) is 6.92 Å². The van der Waals surface area contributed by atoms with Crippen LogP contribution in [0.15, 0.2) is 36.5 Å². The largest absolute Gasteiger partial charge is 0.352 e. The SMILES string of the molecule is CC(=O)N[C@@H]1CCN(C(=O)Nc2ccc(-c3ccn[nH]3)cc2)C1. The summed E-state index contributed by atoms with van der Waals surface area (Å²) in [5, 5.41) is 12.5. The van der Waals surface area contributed by atoms with Gasteiger partial charge in [-0.15, -0.1) is 0 Å². The number of hydrogen-bond donors (Lipinski definition) is 3. The zero-order valence-corrected chi connectivity index (χ0v) is 12.9. The molecule has 0 bridgehead atoms. The Hall–Kier alpha value is -2.83. The molecule has 1 saturated heterocycles. The molecule has 0 aliphatic carbocycles. The minimum atomic E-state index is -0.146. The summed E-state index contributed by atoms with van der Waals surface area (Å²) < 4.78 is 0. The van der Waals surface area contributed by atoms with E-state index < -0.39 is 0 Å². The summed E-state index contributed by atoms with van der Waals surface area (Å²) in [7, 11) is 0. The van der Waals surface area contributed by atoms with Crippen LogP contribution in [-0.2, 0) is 4.79 Å². The first kappa shape index (κ1) is 15.1.